The monoisotopic (exact) mass is 260 g/mol. The number of benzene rings is 1. The summed E-state index contributed by atoms with van der Waals surface area (Å²) in [4.78, 5) is 1.16. The van der Waals surface area contributed by atoms with E-state index in [1.165, 1.54) is 0 Å². The van der Waals surface area contributed by atoms with E-state index in [1.807, 2.05) is 30.7 Å². The van der Waals surface area contributed by atoms with Crippen LogP contribution in [0.5, 0.6) is 0 Å². The van der Waals surface area contributed by atoms with Crippen molar-refractivity contribution in [1.82, 2.24) is 14.8 Å². The molecule has 1 aromatic heterocycles. The second kappa shape index (κ2) is 5.27. The first-order chi connectivity index (χ1) is 8.67. The standard InChI is InChI=1S/C13H16N4S/c1-5-14-11-7-6-10(8-12(11)18-4)13-16-15-9(2)17(13)3/h5-8,14H,1H2,2-4H3. The molecule has 0 saturated heterocycles. The molecule has 18 heavy (non-hydrogen) atoms. The van der Waals surface area contributed by atoms with Crippen molar-refractivity contribution >= 4 is 17.4 Å². The largest absolute Gasteiger partial charge is 0.361 e. The van der Waals surface area contributed by atoms with Crippen LogP contribution in [0.15, 0.2) is 35.9 Å². The third kappa shape index (κ3) is 2.26. The van der Waals surface area contributed by atoms with Crippen molar-refractivity contribution in [3.63, 3.8) is 0 Å². The molecule has 0 bridgehead atoms. The van der Waals surface area contributed by atoms with Gasteiger partial charge in [0.2, 0.25) is 0 Å². The number of anilines is 1. The molecule has 4 nitrogen and oxygen atoms in total. The second-order valence-electron chi connectivity index (χ2n) is 3.89. The van der Waals surface area contributed by atoms with Gasteiger partial charge < -0.3 is 9.88 Å². The summed E-state index contributed by atoms with van der Waals surface area (Å²) in [5.74, 6) is 1.79. The summed E-state index contributed by atoms with van der Waals surface area (Å²) in [7, 11) is 1.97. The number of thioether (sulfide) groups is 1. The van der Waals surface area contributed by atoms with Gasteiger partial charge in [0, 0.05) is 17.5 Å². The molecule has 0 amide bonds. The molecule has 0 saturated carbocycles. The quantitative estimate of drug-likeness (QED) is 0.858. The van der Waals surface area contributed by atoms with E-state index < -0.39 is 0 Å². The van der Waals surface area contributed by atoms with Gasteiger partial charge in [-0.15, -0.1) is 22.0 Å². The van der Waals surface area contributed by atoms with E-state index in [0.717, 1.165) is 27.8 Å². The number of hydrogen-bond acceptors (Lipinski definition) is 4. The minimum Gasteiger partial charge on any atom is -0.361 e. The van der Waals surface area contributed by atoms with Crippen LogP contribution in [0.2, 0.25) is 0 Å². The average Bonchev–Trinajstić information content (AvgIpc) is 2.71. The molecular formula is C13H16N4S. The van der Waals surface area contributed by atoms with E-state index in [9.17, 15) is 0 Å². The van der Waals surface area contributed by atoms with Crippen LogP contribution in [0.3, 0.4) is 0 Å². The lowest BCUT2D eigenvalue weighted by Crippen LogP contribution is -1.96. The normalized spacial score (nSPS) is 10.4. The molecule has 2 rings (SSSR count). The van der Waals surface area contributed by atoms with Gasteiger partial charge in [0.1, 0.15) is 5.82 Å². The lowest BCUT2D eigenvalue weighted by molar-refractivity contribution is 0.864. The van der Waals surface area contributed by atoms with E-state index in [2.05, 4.69) is 34.4 Å². The van der Waals surface area contributed by atoms with E-state index in [0.29, 0.717) is 0 Å². The van der Waals surface area contributed by atoms with Crippen molar-refractivity contribution in [2.75, 3.05) is 11.6 Å². The van der Waals surface area contributed by atoms with Crippen LogP contribution in [0.25, 0.3) is 11.4 Å². The highest BCUT2D eigenvalue weighted by atomic mass is 32.2. The highest BCUT2D eigenvalue weighted by molar-refractivity contribution is 7.98. The van der Waals surface area contributed by atoms with Crippen molar-refractivity contribution in [1.29, 1.82) is 0 Å². The summed E-state index contributed by atoms with van der Waals surface area (Å²) in [6, 6.07) is 6.18. The van der Waals surface area contributed by atoms with E-state index >= 15 is 0 Å². The smallest absolute Gasteiger partial charge is 0.163 e. The maximum Gasteiger partial charge on any atom is 0.163 e. The topological polar surface area (TPSA) is 42.7 Å². The zero-order valence-electron chi connectivity index (χ0n) is 10.8. The predicted octanol–water partition coefficient (Wildman–Crippen LogP) is 3.07. The van der Waals surface area contributed by atoms with Gasteiger partial charge in [-0.1, -0.05) is 6.58 Å². The highest BCUT2D eigenvalue weighted by Crippen LogP contribution is 2.30. The fourth-order valence-electron chi connectivity index (χ4n) is 1.72. The number of hydrogen-bond donors (Lipinski definition) is 1. The molecule has 5 heteroatoms. The number of nitrogens with zero attached hydrogens (tertiary/aromatic N) is 3. The van der Waals surface area contributed by atoms with Crippen molar-refractivity contribution in [2.45, 2.75) is 11.8 Å². The van der Waals surface area contributed by atoms with Gasteiger partial charge in [-0.25, -0.2) is 0 Å². The van der Waals surface area contributed by atoms with Crippen LogP contribution < -0.4 is 5.32 Å². The van der Waals surface area contributed by atoms with Gasteiger partial charge in [-0.3, -0.25) is 0 Å². The molecular weight excluding hydrogens is 244 g/mol. The van der Waals surface area contributed by atoms with Gasteiger partial charge in [0.25, 0.3) is 0 Å². The number of aryl methyl sites for hydroxylation is 1. The number of nitrogens with one attached hydrogen (secondary N) is 1. The Balaban J connectivity index is 2.47. The molecule has 2 aromatic rings. The zero-order valence-corrected chi connectivity index (χ0v) is 11.6. The molecule has 0 aliphatic heterocycles. The van der Waals surface area contributed by atoms with Crippen LogP contribution in [0.1, 0.15) is 5.82 Å². The molecule has 1 aromatic carbocycles. The summed E-state index contributed by atoms with van der Waals surface area (Å²) >= 11 is 1.69. The molecule has 0 aliphatic rings. The maximum absolute atomic E-state index is 4.20. The molecule has 94 valence electrons. The fourth-order valence-corrected chi connectivity index (χ4v) is 2.31. The highest BCUT2D eigenvalue weighted by Gasteiger charge is 2.10. The first-order valence-corrected chi connectivity index (χ1v) is 6.81. The maximum atomic E-state index is 4.20. The number of rotatable bonds is 4. The Morgan fingerprint density at radius 3 is 2.72 bits per heavy atom. The van der Waals surface area contributed by atoms with Crippen LogP contribution in [-0.4, -0.2) is 21.0 Å². The van der Waals surface area contributed by atoms with Crippen LogP contribution in [0, 0.1) is 6.92 Å². The minimum absolute atomic E-state index is 0.882. The van der Waals surface area contributed by atoms with Crippen LogP contribution in [-0.2, 0) is 7.05 Å². The van der Waals surface area contributed by atoms with Gasteiger partial charge in [0.15, 0.2) is 5.82 Å². The molecule has 1 heterocycles. The van der Waals surface area contributed by atoms with Gasteiger partial charge in [-0.05, 0) is 37.6 Å². The Morgan fingerprint density at radius 2 is 2.17 bits per heavy atom. The summed E-state index contributed by atoms with van der Waals surface area (Å²) in [6.45, 7) is 5.63. The van der Waals surface area contributed by atoms with Gasteiger partial charge >= 0.3 is 0 Å². The van der Waals surface area contributed by atoms with Crippen molar-refractivity contribution in [2.24, 2.45) is 7.05 Å². The lowest BCUT2D eigenvalue weighted by atomic mass is 10.2. The SMILES string of the molecule is C=CNc1ccc(-c2nnc(C)n2C)cc1SC. The average molecular weight is 260 g/mol. The first-order valence-electron chi connectivity index (χ1n) is 5.59. The van der Waals surface area contributed by atoms with Crippen molar-refractivity contribution < 1.29 is 0 Å². The predicted molar refractivity (Wildman–Crippen MR) is 76.8 cm³/mol. The summed E-state index contributed by atoms with van der Waals surface area (Å²) in [6.07, 6.45) is 3.73. The van der Waals surface area contributed by atoms with Gasteiger partial charge in [0.05, 0.1) is 5.69 Å². The Labute approximate surface area is 111 Å². The lowest BCUT2D eigenvalue weighted by Gasteiger charge is -2.09. The molecule has 0 fully saturated rings. The molecule has 0 radical (unpaired) electrons. The third-order valence-electron chi connectivity index (χ3n) is 2.81. The second-order valence-corrected chi connectivity index (χ2v) is 4.74. The Morgan fingerprint density at radius 1 is 1.39 bits per heavy atom. The minimum atomic E-state index is 0.882. The molecule has 0 aliphatic carbocycles. The molecule has 0 spiro atoms. The zero-order chi connectivity index (χ0) is 13.1. The molecule has 1 N–H and O–H groups in total. The fraction of sp³-hybridized carbons (Fsp3) is 0.231. The third-order valence-corrected chi connectivity index (χ3v) is 3.59. The summed E-state index contributed by atoms with van der Waals surface area (Å²) < 4.78 is 1.99. The molecule has 0 unspecified atom stereocenters. The van der Waals surface area contributed by atoms with E-state index in [1.54, 1.807) is 18.0 Å². The molecule has 0 atom stereocenters. The van der Waals surface area contributed by atoms with Gasteiger partial charge in [-0.2, -0.15) is 0 Å². The van der Waals surface area contributed by atoms with Crippen molar-refractivity contribution in [3.05, 3.63) is 36.8 Å². The summed E-state index contributed by atoms with van der Waals surface area (Å²) in [5, 5.41) is 11.4. The first kappa shape index (κ1) is 12.7. The van der Waals surface area contributed by atoms with E-state index in [-0.39, 0.29) is 0 Å². The number of aromatic nitrogens is 3. The Hall–Kier alpha value is -1.75. The Kier molecular flexibility index (Phi) is 3.72. The Bertz CT molecular complexity index is 574. The van der Waals surface area contributed by atoms with Crippen LogP contribution >= 0.6 is 11.8 Å². The van der Waals surface area contributed by atoms with E-state index in [4.69, 9.17) is 0 Å². The van der Waals surface area contributed by atoms with Crippen LogP contribution in [0.4, 0.5) is 5.69 Å². The van der Waals surface area contributed by atoms with Crippen molar-refractivity contribution in [3.8, 4) is 11.4 Å². The summed E-state index contributed by atoms with van der Waals surface area (Å²) in [5.41, 5.74) is 2.12.